The van der Waals surface area contributed by atoms with Gasteiger partial charge in [0, 0.05) is 24.7 Å². The summed E-state index contributed by atoms with van der Waals surface area (Å²) in [7, 11) is 1.52. The number of aromatic nitrogens is 5. The number of nitrogens with one attached hydrogen (secondary N) is 1. The number of ether oxygens (including phenoxy) is 3. The van der Waals surface area contributed by atoms with Crippen molar-refractivity contribution in [3.05, 3.63) is 59.8 Å². The number of rotatable bonds is 8. The molecular weight excluding hydrogens is 605 g/mol. The monoisotopic (exact) mass is 633 g/mol. The molecule has 232 valence electrons. The van der Waals surface area contributed by atoms with E-state index in [-0.39, 0.29) is 37.2 Å². The lowest BCUT2D eigenvalue weighted by molar-refractivity contribution is 0.0469. The Morgan fingerprint density at radius 2 is 1.98 bits per heavy atom. The molecule has 45 heavy (non-hydrogen) atoms. The van der Waals surface area contributed by atoms with E-state index < -0.39 is 18.0 Å². The smallest absolute Gasteiger partial charge is 0.411 e. The maximum absolute atomic E-state index is 14.8. The lowest BCUT2D eigenvalue weighted by Crippen LogP contribution is -2.42. The molecule has 13 nitrogen and oxygen atoms in total. The number of halogens is 1. The number of aliphatic hydroxyl groups excluding tert-OH is 1. The van der Waals surface area contributed by atoms with Gasteiger partial charge in [0.1, 0.15) is 34.3 Å². The zero-order valence-electron chi connectivity index (χ0n) is 24.3. The first kappa shape index (κ1) is 30.0. The number of thiazole rings is 1. The van der Waals surface area contributed by atoms with Crippen LogP contribution in [0.25, 0.3) is 32.0 Å². The number of piperidine rings is 1. The normalized spacial score (nSPS) is 14.8. The van der Waals surface area contributed by atoms with Gasteiger partial charge in [0.15, 0.2) is 5.82 Å². The fourth-order valence-electron chi connectivity index (χ4n) is 4.87. The highest BCUT2D eigenvalue weighted by Crippen LogP contribution is 2.35. The van der Waals surface area contributed by atoms with E-state index in [1.807, 2.05) is 19.1 Å². The Hall–Kier alpha value is -5.02. The molecule has 1 fully saturated rings. The van der Waals surface area contributed by atoms with Crippen LogP contribution in [0.3, 0.4) is 0 Å². The summed E-state index contributed by atoms with van der Waals surface area (Å²) in [5.41, 5.74) is 3.86. The van der Waals surface area contributed by atoms with Crippen molar-refractivity contribution < 1.29 is 33.3 Å². The summed E-state index contributed by atoms with van der Waals surface area (Å²) in [6.07, 6.45) is 2.95. The maximum atomic E-state index is 14.8. The second-order valence-electron chi connectivity index (χ2n) is 10.3. The summed E-state index contributed by atoms with van der Waals surface area (Å²) in [5, 5.41) is 12.9. The number of pyridine rings is 2. The topological polar surface area (TPSA) is 162 Å². The zero-order chi connectivity index (χ0) is 31.5. The van der Waals surface area contributed by atoms with Gasteiger partial charge < -0.3 is 24.2 Å². The Labute approximate surface area is 260 Å². The number of benzene rings is 1. The molecule has 1 saturated heterocycles. The third kappa shape index (κ3) is 6.73. The van der Waals surface area contributed by atoms with Crippen molar-refractivity contribution in [3.8, 4) is 22.3 Å². The summed E-state index contributed by atoms with van der Waals surface area (Å²) in [6.45, 7) is 2.42. The number of carbonyl (C=O) groups is 2. The standard InChI is InChI=1S/C30H28FN7O6S/c1-16-10-19(25-22(11-16)35-24(42-2)14-33-25)27-36-23-12-20(31)26(37-28(23)45-27)43-8-9-44-30(41)34-17-5-6-21(32-13-17)29(40)38-7-3-4-18(39)15-38/h5-6,10-14,18,39H,3-4,7-9,15H2,1-2H3,(H,34,41). The Bertz CT molecular complexity index is 1890. The van der Waals surface area contributed by atoms with Gasteiger partial charge in [0.05, 0.1) is 42.3 Å². The number of hydrogen-bond acceptors (Lipinski definition) is 12. The summed E-state index contributed by atoms with van der Waals surface area (Å²) >= 11 is 1.26. The maximum Gasteiger partial charge on any atom is 0.411 e. The highest BCUT2D eigenvalue weighted by Gasteiger charge is 2.24. The molecule has 2 amide bonds. The Kier molecular flexibility index (Phi) is 8.62. The minimum absolute atomic E-state index is 0.151. The number of aliphatic hydroxyl groups is 1. The first-order valence-electron chi connectivity index (χ1n) is 14.1. The van der Waals surface area contributed by atoms with Crippen LogP contribution in [-0.2, 0) is 4.74 Å². The van der Waals surface area contributed by atoms with Gasteiger partial charge >= 0.3 is 6.09 Å². The quantitative estimate of drug-likeness (QED) is 0.233. The van der Waals surface area contributed by atoms with Gasteiger partial charge in [-0.1, -0.05) is 11.3 Å². The number of fused-ring (bicyclic) bond motifs is 2. The molecule has 0 radical (unpaired) electrons. The summed E-state index contributed by atoms with van der Waals surface area (Å²) < 4.78 is 30.6. The molecule has 0 saturated carbocycles. The fraction of sp³-hybridized carbons (Fsp3) is 0.300. The molecule has 5 aromatic rings. The van der Waals surface area contributed by atoms with E-state index in [1.165, 1.54) is 49.0 Å². The van der Waals surface area contributed by atoms with Crippen molar-refractivity contribution in [2.45, 2.75) is 25.9 Å². The summed E-state index contributed by atoms with van der Waals surface area (Å²) in [5.74, 6) is -0.842. The van der Waals surface area contributed by atoms with Crippen LogP contribution in [0.1, 0.15) is 28.9 Å². The number of methoxy groups -OCH3 is 1. The predicted molar refractivity (Wildman–Crippen MR) is 163 cm³/mol. The van der Waals surface area contributed by atoms with Gasteiger partial charge in [-0.3, -0.25) is 10.1 Å². The van der Waals surface area contributed by atoms with Crippen molar-refractivity contribution in [3.63, 3.8) is 0 Å². The number of carbonyl (C=O) groups excluding carboxylic acids is 2. The first-order chi connectivity index (χ1) is 21.8. The van der Waals surface area contributed by atoms with Crippen molar-refractivity contribution in [2.75, 3.05) is 38.7 Å². The third-order valence-electron chi connectivity index (χ3n) is 6.98. The van der Waals surface area contributed by atoms with Crippen LogP contribution in [0.4, 0.5) is 14.9 Å². The van der Waals surface area contributed by atoms with Crippen LogP contribution < -0.4 is 14.8 Å². The van der Waals surface area contributed by atoms with E-state index in [1.54, 1.807) is 4.90 Å². The lowest BCUT2D eigenvalue weighted by Gasteiger charge is -2.29. The molecule has 0 bridgehead atoms. The number of anilines is 1. The number of β-amino-alcohol motifs (C(OH)–C–C–N with tert-alkyl or cyclic N) is 1. The average Bonchev–Trinajstić information content (AvgIpc) is 3.44. The Balaban J connectivity index is 1.05. The second-order valence-corrected chi connectivity index (χ2v) is 11.3. The number of aryl methyl sites for hydroxylation is 1. The van der Waals surface area contributed by atoms with E-state index in [0.717, 1.165) is 17.5 Å². The molecule has 0 aliphatic carbocycles. The number of hydrogen-bond donors (Lipinski definition) is 2. The molecule has 0 spiro atoms. The molecule has 1 atom stereocenters. The van der Waals surface area contributed by atoms with Gasteiger partial charge in [0.25, 0.3) is 11.8 Å². The molecule has 1 aromatic carbocycles. The minimum Gasteiger partial charge on any atom is -0.480 e. The Morgan fingerprint density at radius 1 is 1.11 bits per heavy atom. The van der Waals surface area contributed by atoms with Crippen molar-refractivity contribution in [2.24, 2.45) is 0 Å². The molecule has 1 aliphatic rings. The van der Waals surface area contributed by atoms with Crippen LogP contribution >= 0.6 is 11.3 Å². The minimum atomic E-state index is -0.777. The van der Waals surface area contributed by atoms with E-state index in [4.69, 9.17) is 14.2 Å². The third-order valence-corrected chi connectivity index (χ3v) is 7.98. The highest BCUT2D eigenvalue weighted by molar-refractivity contribution is 7.21. The average molecular weight is 634 g/mol. The lowest BCUT2D eigenvalue weighted by atomic mass is 10.1. The van der Waals surface area contributed by atoms with E-state index in [0.29, 0.717) is 50.9 Å². The molecule has 5 heterocycles. The fourth-order valence-corrected chi connectivity index (χ4v) is 5.80. The molecule has 1 unspecified atom stereocenters. The van der Waals surface area contributed by atoms with E-state index in [2.05, 4.69) is 30.2 Å². The van der Waals surface area contributed by atoms with Crippen molar-refractivity contribution in [1.29, 1.82) is 0 Å². The largest absolute Gasteiger partial charge is 0.480 e. The van der Waals surface area contributed by atoms with Crippen LogP contribution in [0.15, 0.2) is 42.7 Å². The van der Waals surface area contributed by atoms with Crippen molar-refractivity contribution in [1.82, 2.24) is 29.8 Å². The van der Waals surface area contributed by atoms with Crippen LogP contribution in [0.5, 0.6) is 11.8 Å². The number of likely N-dealkylation sites (tertiary alicyclic amines) is 1. The molecule has 4 aromatic heterocycles. The Morgan fingerprint density at radius 3 is 2.76 bits per heavy atom. The van der Waals surface area contributed by atoms with Gasteiger partial charge in [-0.15, -0.1) is 0 Å². The van der Waals surface area contributed by atoms with E-state index >= 15 is 0 Å². The molecular formula is C30H28FN7O6S. The van der Waals surface area contributed by atoms with Crippen LogP contribution in [-0.4, -0.2) is 86.4 Å². The SMILES string of the molecule is COc1cnc2c(-c3nc4cc(F)c(OCCOC(=O)Nc5ccc(C(=O)N6CCCC(O)C6)nc5)nc4s3)cc(C)cc2n1. The molecule has 1 aliphatic heterocycles. The summed E-state index contributed by atoms with van der Waals surface area (Å²) in [4.78, 5) is 48.8. The highest BCUT2D eigenvalue weighted by atomic mass is 32.1. The van der Waals surface area contributed by atoms with Crippen molar-refractivity contribution >= 4 is 50.4 Å². The first-order valence-corrected chi connectivity index (χ1v) is 14.9. The van der Waals surface area contributed by atoms with Gasteiger partial charge in [-0.2, -0.15) is 4.98 Å². The van der Waals surface area contributed by atoms with Crippen LogP contribution in [0.2, 0.25) is 0 Å². The molecule has 6 rings (SSSR count). The zero-order valence-corrected chi connectivity index (χ0v) is 25.1. The number of nitrogens with zero attached hydrogens (tertiary/aromatic N) is 6. The predicted octanol–water partition coefficient (Wildman–Crippen LogP) is 4.38. The van der Waals surface area contributed by atoms with Crippen LogP contribution in [0, 0.1) is 12.7 Å². The van der Waals surface area contributed by atoms with Gasteiger partial charge in [-0.25, -0.2) is 29.1 Å². The number of amides is 2. The molecule has 2 N–H and O–H groups in total. The second kappa shape index (κ2) is 12.9. The van der Waals surface area contributed by atoms with Gasteiger partial charge in [-0.05, 0) is 49.6 Å². The summed E-state index contributed by atoms with van der Waals surface area (Å²) in [6, 6.07) is 8.09. The van der Waals surface area contributed by atoms with Gasteiger partial charge in [0.2, 0.25) is 5.88 Å². The molecule has 15 heteroatoms. The van der Waals surface area contributed by atoms with E-state index in [9.17, 15) is 19.1 Å².